The molecule has 0 spiro atoms. The number of phenols is 1. The van der Waals surface area contributed by atoms with Gasteiger partial charge in [-0.3, -0.25) is 9.69 Å². The Morgan fingerprint density at radius 2 is 1.69 bits per heavy atom. The van der Waals surface area contributed by atoms with E-state index in [9.17, 15) is 9.90 Å². The van der Waals surface area contributed by atoms with E-state index in [2.05, 4.69) is 0 Å². The van der Waals surface area contributed by atoms with Crippen molar-refractivity contribution >= 4 is 5.78 Å². The molecular weight excluding hydrogens is 329 g/mol. The van der Waals surface area contributed by atoms with E-state index in [1.165, 1.54) is 6.07 Å². The van der Waals surface area contributed by atoms with Crippen LogP contribution in [0.15, 0.2) is 36.4 Å². The minimum atomic E-state index is -0.628. The number of aromatic hydroxyl groups is 1. The lowest BCUT2D eigenvalue weighted by molar-refractivity contribution is 0.103. The van der Waals surface area contributed by atoms with Gasteiger partial charge in [-0.05, 0) is 24.6 Å². The van der Waals surface area contributed by atoms with Gasteiger partial charge < -0.3 is 5.11 Å². The molecule has 3 nitrogen and oxygen atoms in total. The first-order valence-electron chi connectivity index (χ1n) is 9.07. The SMILES string of the molecule is CCN(CC)Cc1c(O)c(C(C)(C)C)cc(C(=O)c2ccccc2)c1F. The van der Waals surface area contributed by atoms with E-state index >= 15 is 4.39 Å². The number of halogens is 1. The van der Waals surface area contributed by atoms with Gasteiger partial charge in [-0.15, -0.1) is 0 Å². The number of hydrogen-bond acceptors (Lipinski definition) is 3. The minimum absolute atomic E-state index is 0.0149. The van der Waals surface area contributed by atoms with Crippen LogP contribution < -0.4 is 0 Å². The molecule has 4 heteroatoms. The highest BCUT2D eigenvalue weighted by molar-refractivity contribution is 6.09. The summed E-state index contributed by atoms with van der Waals surface area (Å²) in [4.78, 5) is 14.9. The van der Waals surface area contributed by atoms with E-state index < -0.39 is 11.2 Å². The molecule has 0 saturated heterocycles. The maximum Gasteiger partial charge on any atom is 0.195 e. The Morgan fingerprint density at radius 1 is 1.12 bits per heavy atom. The summed E-state index contributed by atoms with van der Waals surface area (Å²) in [7, 11) is 0. The monoisotopic (exact) mass is 357 g/mol. The average Bonchev–Trinajstić information content (AvgIpc) is 2.61. The highest BCUT2D eigenvalue weighted by Gasteiger charge is 2.28. The van der Waals surface area contributed by atoms with Gasteiger partial charge >= 0.3 is 0 Å². The molecule has 0 fully saturated rings. The molecule has 2 rings (SSSR count). The largest absolute Gasteiger partial charge is 0.507 e. The van der Waals surface area contributed by atoms with Crippen LogP contribution in [0.4, 0.5) is 4.39 Å². The van der Waals surface area contributed by atoms with Crippen LogP contribution in [0.2, 0.25) is 0 Å². The normalized spacial score (nSPS) is 11.8. The zero-order chi connectivity index (χ0) is 19.5. The smallest absolute Gasteiger partial charge is 0.195 e. The van der Waals surface area contributed by atoms with Crippen molar-refractivity contribution in [3.8, 4) is 5.75 Å². The van der Waals surface area contributed by atoms with Gasteiger partial charge in [0.15, 0.2) is 5.78 Å². The second-order valence-electron chi connectivity index (χ2n) is 7.52. The summed E-state index contributed by atoms with van der Waals surface area (Å²) in [6.07, 6.45) is 0. The summed E-state index contributed by atoms with van der Waals surface area (Å²) in [5.41, 5.74) is 0.814. The van der Waals surface area contributed by atoms with Crippen LogP contribution in [0.25, 0.3) is 0 Å². The zero-order valence-electron chi connectivity index (χ0n) is 16.3. The van der Waals surface area contributed by atoms with Crippen molar-refractivity contribution in [2.24, 2.45) is 0 Å². The van der Waals surface area contributed by atoms with E-state index in [-0.39, 0.29) is 29.2 Å². The Morgan fingerprint density at radius 3 is 2.19 bits per heavy atom. The Hall–Kier alpha value is -2.20. The number of benzene rings is 2. The summed E-state index contributed by atoms with van der Waals surface area (Å²) >= 11 is 0. The molecule has 0 amide bonds. The summed E-state index contributed by atoms with van der Waals surface area (Å²) < 4.78 is 15.3. The van der Waals surface area contributed by atoms with E-state index in [0.29, 0.717) is 11.1 Å². The third kappa shape index (κ3) is 4.13. The van der Waals surface area contributed by atoms with Crippen LogP contribution in [-0.4, -0.2) is 28.9 Å². The maximum absolute atomic E-state index is 15.3. The van der Waals surface area contributed by atoms with Crippen molar-refractivity contribution < 1.29 is 14.3 Å². The molecule has 0 atom stereocenters. The lowest BCUT2D eigenvalue weighted by Gasteiger charge is -2.26. The second kappa shape index (κ2) is 8.00. The van der Waals surface area contributed by atoms with Crippen molar-refractivity contribution in [3.63, 3.8) is 0 Å². The third-order valence-corrected chi connectivity index (χ3v) is 4.70. The molecule has 0 aliphatic rings. The van der Waals surface area contributed by atoms with Gasteiger partial charge in [0.25, 0.3) is 0 Å². The maximum atomic E-state index is 15.3. The summed E-state index contributed by atoms with van der Waals surface area (Å²) in [5, 5.41) is 10.7. The van der Waals surface area contributed by atoms with Crippen molar-refractivity contribution in [1.82, 2.24) is 4.90 Å². The highest BCUT2D eigenvalue weighted by Crippen LogP contribution is 2.37. The first-order chi connectivity index (χ1) is 12.2. The van der Waals surface area contributed by atoms with Crippen LogP contribution in [-0.2, 0) is 12.0 Å². The van der Waals surface area contributed by atoms with E-state index in [1.807, 2.05) is 45.6 Å². The molecule has 0 unspecified atom stereocenters. The molecule has 0 aromatic heterocycles. The number of nitrogens with zero attached hydrogens (tertiary/aromatic N) is 1. The third-order valence-electron chi connectivity index (χ3n) is 4.70. The molecule has 1 N–H and O–H groups in total. The first kappa shape index (κ1) is 20.1. The van der Waals surface area contributed by atoms with Crippen LogP contribution in [0, 0.1) is 5.82 Å². The molecule has 0 saturated carbocycles. The minimum Gasteiger partial charge on any atom is -0.507 e. The number of phenolic OH excluding ortho intramolecular Hbond substituents is 1. The first-order valence-corrected chi connectivity index (χ1v) is 9.07. The Labute approximate surface area is 155 Å². The van der Waals surface area contributed by atoms with Gasteiger partial charge in [0.2, 0.25) is 0 Å². The van der Waals surface area contributed by atoms with Gasteiger partial charge in [0.05, 0.1) is 5.56 Å². The van der Waals surface area contributed by atoms with Crippen LogP contribution in [0.3, 0.4) is 0 Å². The predicted molar refractivity (Wildman–Crippen MR) is 103 cm³/mol. The molecule has 2 aromatic rings. The Balaban J connectivity index is 2.66. The van der Waals surface area contributed by atoms with E-state index in [1.54, 1.807) is 24.3 Å². The summed E-state index contributed by atoms with van der Waals surface area (Å²) in [6.45, 7) is 11.5. The summed E-state index contributed by atoms with van der Waals surface area (Å²) in [5.74, 6) is -1.04. The Kier molecular flexibility index (Phi) is 6.19. The topological polar surface area (TPSA) is 40.5 Å². The van der Waals surface area contributed by atoms with Gasteiger partial charge in [0.1, 0.15) is 11.6 Å². The van der Waals surface area contributed by atoms with Crippen molar-refractivity contribution in [3.05, 3.63) is 64.5 Å². The van der Waals surface area contributed by atoms with Gasteiger partial charge in [-0.2, -0.15) is 0 Å². The molecule has 0 aliphatic carbocycles. The summed E-state index contributed by atoms with van der Waals surface area (Å²) in [6, 6.07) is 10.2. The molecular formula is C22H28FNO2. The standard InChI is InChI=1S/C22H28FNO2/c1-6-24(7-2)14-17-19(23)16(13-18(21(17)26)22(3,4)5)20(25)15-11-9-8-10-12-15/h8-13,26H,6-7,14H2,1-5H3. The molecule has 0 radical (unpaired) electrons. The van der Waals surface area contributed by atoms with Crippen LogP contribution >= 0.6 is 0 Å². The number of carbonyl (C=O) groups is 1. The fourth-order valence-electron chi connectivity index (χ4n) is 3.00. The van der Waals surface area contributed by atoms with Crippen LogP contribution in [0.1, 0.15) is 61.7 Å². The van der Waals surface area contributed by atoms with E-state index in [0.717, 1.165) is 13.1 Å². The highest BCUT2D eigenvalue weighted by atomic mass is 19.1. The fourth-order valence-corrected chi connectivity index (χ4v) is 3.00. The molecule has 2 aromatic carbocycles. The zero-order valence-corrected chi connectivity index (χ0v) is 16.3. The molecule has 0 heterocycles. The number of rotatable bonds is 6. The van der Waals surface area contributed by atoms with Crippen LogP contribution in [0.5, 0.6) is 5.75 Å². The number of hydrogen-bond donors (Lipinski definition) is 1. The lowest BCUT2D eigenvalue weighted by atomic mass is 9.82. The predicted octanol–water partition coefficient (Wildman–Crippen LogP) is 4.90. The number of carbonyl (C=O) groups excluding carboxylic acids is 1. The number of ketones is 1. The molecule has 140 valence electrons. The van der Waals surface area contributed by atoms with E-state index in [4.69, 9.17) is 0 Å². The fraction of sp³-hybridized carbons (Fsp3) is 0.409. The molecule has 0 bridgehead atoms. The molecule has 0 aliphatic heterocycles. The second-order valence-corrected chi connectivity index (χ2v) is 7.52. The van der Waals surface area contributed by atoms with Crippen molar-refractivity contribution in [1.29, 1.82) is 0 Å². The lowest BCUT2D eigenvalue weighted by Crippen LogP contribution is -2.24. The van der Waals surface area contributed by atoms with Crippen molar-refractivity contribution in [2.45, 2.75) is 46.6 Å². The van der Waals surface area contributed by atoms with Gasteiger partial charge in [0, 0.05) is 23.2 Å². The average molecular weight is 357 g/mol. The molecule has 26 heavy (non-hydrogen) atoms. The van der Waals surface area contributed by atoms with Crippen molar-refractivity contribution in [2.75, 3.05) is 13.1 Å². The van der Waals surface area contributed by atoms with Gasteiger partial charge in [-0.1, -0.05) is 65.0 Å². The van der Waals surface area contributed by atoms with Gasteiger partial charge in [-0.25, -0.2) is 4.39 Å². The quantitative estimate of drug-likeness (QED) is 0.748. The Bertz CT molecular complexity index is 775.